The highest BCUT2D eigenvalue weighted by Crippen LogP contribution is 2.06. The highest BCUT2D eigenvalue weighted by molar-refractivity contribution is 7.80. The monoisotopic (exact) mass is 234 g/mol. The van der Waals surface area contributed by atoms with Crippen molar-refractivity contribution < 1.29 is 17.2 Å². The van der Waals surface area contributed by atoms with Crippen LogP contribution in [0.4, 0.5) is 0 Å². The molecule has 0 aromatic heterocycles. The van der Waals surface area contributed by atoms with Gasteiger partial charge in [-0.05, 0) is 33.6 Å². The minimum Gasteiger partial charge on any atom is -0.264 e. The Morgan fingerprint density at radius 2 is 1.87 bits per heavy atom. The van der Waals surface area contributed by atoms with Gasteiger partial charge in [-0.15, -0.1) is 0 Å². The van der Waals surface area contributed by atoms with Gasteiger partial charge in [0.25, 0.3) is 0 Å². The molecule has 0 aliphatic heterocycles. The maximum atomic E-state index is 10.2. The molecule has 0 unspecified atom stereocenters. The first-order valence-electron chi connectivity index (χ1n) is 4.72. The van der Waals surface area contributed by atoms with Crippen LogP contribution in [0.5, 0.6) is 0 Å². The Kier molecular flexibility index (Phi) is 6.47. The fraction of sp³-hybridized carbons (Fsp3) is 0.600. The predicted octanol–water partition coefficient (Wildman–Crippen LogP) is 2.50. The molecule has 1 N–H and O–H groups in total. The van der Waals surface area contributed by atoms with Crippen molar-refractivity contribution in [1.82, 2.24) is 0 Å². The van der Waals surface area contributed by atoms with E-state index < -0.39 is 10.4 Å². The van der Waals surface area contributed by atoms with Gasteiger partial charge in [0.15, 0.2) is 0 Å². The highest BCUT2D eigenvalue weighted by atomic mass is 32.3. The summed E-state index contributed by atoms with van der Waals surface area (Å²) in [6, 6.07) is 0. The molecule has 0 fully saturated rings. The van der Waals surface area contributed by atoms with Crippen LogP contribution >= 0.6 is 0 Å². The lowest BCUT2D eigenvalue weighted by Crippen LogP contribution is -2.03. The molecule has 0 spiro atoms. The van der Waals surface area contributed by atoms with Crippen LogP contribution < -0.4 is 0 Å². The van der Waals surface area contributed by atoms with Crippen LogP contribution in [0.1, 0.15) is 33.6 Å². The van der Waals surface area contributed by atoms with Crippen LogP contribution in [0.2, 0.25) is 0 Å². The minimum atomic E-state index is -4.31. The van der Waals surface area contributed by atoms with E-state index in [1.54, 1.807) is 6.08 Å². The summed E-state index contributed by atoms with van der Waals surface area (Å²) >= 11 is 0. The third kappa shape index (κ3) is 11.3. The molecule has 0 heterocycles. The molecule has 0 saturated carbocycles. The largest absolute Gasteiger partial charge is 0.397 e. The molecular weight excluding hydrogens is 216 g/mol. The topological polar surface area (TPSA) is 63.6 Å². The predicted molar refractivity (Wildman–Crippen MR) is 59.9 cm³/mol. The zero-order chi connectivity index (χ0) is 11.9. The summed E-state index contributed by atoms with van der Waals surface area (Å²) in [6.07, 6.45) is 5.55. The van der Waals surface area contributed by atoms with Crippen LogP contribution in [-0.4, -0.2) is 19.6 Å². The van der Waals surface area contributed by atoms with Crippen molar-refractivity contribution in [3.8, 4) is 0 Å². The lowest BCUT2D eigenvalue weighted by molar-refractivity contribution is 0.296. The van der Waals surface area contributed by atoms with E-state index in [0.717, 1.165) is 18.4 Å². The summed E-state index contributed by atoms with van der Waals surface area (Å²) in [4.78, 5) is 0. The zero-order valence-corrected chi connectivity index (χ0v) is 10.2. The number of hydrogen-bond acceptors (Lipinski definition) is 3. The van der Waals surface area contributed by atoms with Gasteiger partial charge in [0.1, 0.15) is 0 Å². The van der Waals surface area contributed by atoms with Gasteiger partial charge in [-0.25, -0.2) is 4.18 Å². The lowest BCUT2D eigenvalue weighted by Gasteiger charge is -1.99. The van der Waals surface area contributed by atoms with Crippen LogP contribution in [-0.2, 0) is 14.6 Å². The fourth-order valence-corrected chi connectivity index (χ4v) is 1.19. The van der Waals surface area contributed by atoms with Gasteiger partial charge in [0, 0.05) is 0 Å². The van der Waals surface area contributed by atoms with Gasteiger partial charge in [-0.2, -0.15) is 8.42 Å². The van der Waals surface area contributed by atoms with Crippen LogP contribution in [0.3, 0.4) is 0 Å². The average molecular weight is 234 g/mol. The first-order chi connectivity index (χ1) is 6.81. The molecule has 4 nitrogen and oxygen atoms in total. The third-order valence-corrected chi connectivity index (χ3v) is 2.17. The Morgan fingerprint density at radius 3 is 2.33 bits per heavy atom. The van der Waals surface area contributed by atoms with Crippen molar-refractivity contribution in [3.63, 3.8) is 0 Å². The average Bonchev–Trinajstić information content (AvgIpc) is 2.00. The molecule has 0 amide bonds. The molecule has 0 aromatic rings. The summed E-state index contributed by atoms with van der Waals surface area (Å²) in [5, 5.41) is 0. The number of hydrogen-bond donors (Lipinski definition) is 1. The van der Waals surface area contributed by atoms with E-state index in [1.807, 2.05) is 20.8 Å². The van der Waals surface area contributed by atoms with Crippen LogP contribution in [0.25, 0.3) is 0 Å². The summed E-state index contributed by atoms with van der Waals surface area (Å²) in [5.74, 6) is 0. The quantitative estimate of drug-likeness (QED) is 0.566. The lowest BCUT2D eigenvalue weighted by atomic mass is 10.1. The van der Waals surface area contributed by atoms with Crippen molar-refractivity contribution in [2.45, 2.75) is 33.6 Å². The molecule has 5 heteroatoms. The molecule has 0 saturated heterocycles. The Hall–Kier alpha value is -0.650. The SMILES string of the molecule is CC(C)=CCCC(C)=CCOS(=O)(=O)O. The molecule has 88 valence electrons. The normalized spacial score (nSPS) is 12.7. The van der Waals surface area contributed by atoms with Crippen LogP contribution in [0.15, 0.2) is 23.3 Å². The standard InChI is InChI=1S/C10H18O4S/c1-9(2)5-4-6-10(3)7-8-14-15(11,12)13/h5,7H,4,6,8H2,1-3H3,(H,11,12,13). The van der Waals surface area contributed by atoms with Gasteiger partial charge < -0.3 is 0 Å². The van der Waals surface area contributed by atoms with Gasteiger partial charge >= 0.3 is 10.4 Å². The van der Waals surface area contributed by atoms with Gasteiger partial charge in [0.2, 0.25) is 0 Å². The number of allylic oxidation sites excluding steroid dienone is 3. The van der Waals surface area contributed by atoms with Crippen LogP contribution in [0, 0.1) is 0 Å². The van der Waals surface area contributed by atoms with E-state index in [1.165, 1.54) is 5.57 Å². The maximum absolute atomic E-state index is 10.2. The Labute approximate surface area is 91.6 Å². The van der Waals surface area contributed by atoms with E-state index >= 15 is 0 Å². The first-order valence-corrected chi connectivity index (χ1v) is 6.08. The van der Waals surface area contributed by atoms with Crippen molar-refractivity contribution in [1.29, 1.82) is 0 Å². The van der Waals surface area contributed by atoms with Crippen molar-refractivity contribution in [2.24, 2.45) is 0 Å². The second-order valence-corrected chi connectivity index (χ2v) is 4.67. The van der Waals surface area contributed by atoms with Gasteiger partial charge in [0.05, 0.1) is 6.61 Å². The van der Waals surface area contributed by atoms with E-state index in [4.69, 9.17) is 4.55 Å². The number of rotatable bonds is 6. The summed E-state index contributed by atoms with van der Waals surface area (Å²) in [5.41, 5.74) is 2.30. The van der Waals surface area contributed by atoms with E-state index in [-0.39, 0.29) is 6.61 Å². The zero-order valence-electron chi connectivity index (χ0n) is 9.36. The summed E-state index contributed by atoms with van der Waals surface area (Å²) in [7, 11) is -4.31. The minimum absolute atomic E-state index is 0.112. The summed E-state index contributed by atoms with van der Waals surface area (Å²) in [6.45, 7) is 5.84. The van der Waals surface area contributed by atoms with Crippen molar-refractivity contribution in [2.75, 3.05) is 6.61 Å². The smallest absolute Gasteiger partial charge is 0.264 e. The molecule has 0 bridgehead atoms. The van der Waals surface area contributed by atoms with E-state index in [2.05, 4.69) is 10.3 Å². The highest BCUT2D eigenvalue weighted by Gasteiger charge is 2.01. The second-order valence-electron chi connectivity index (χ2n) is 3.58. The van der Waals surface area contributed by atoms with Crippen molar-refractivity contribution >= 4 is 10.4 Å². The second kappa shape index (κ2) is 6.76. The molecule has 0 aromatic carbocycles. The van der Waals surface area contributed by atoms with Crippen molar-refractivity contribution in [3.05, 3.63) is 23.3 Å². The van der Waals surface area contributed by atoms with Gasteiger partial charge in [-0.3, -0.25) is 4.55 Å². The van der Waals surface area contributed by atoms with Gasteiger partial charge in [-0.1, -0.05) is 23.3 Å². The maximum Gasteiger partial charge on any atom is 0.397 e. The molecule has 0 atom stereocenters. The first kappa shape index (κ1) is 14.3. The van der Waals surface area contributed by atoms with E-state index in [0.29, 0.717) is 0 Å². The Bertz CT molecular complexity index is 334. The Morgan fingerprint density at radius 1 is 1.27 bits per heavy atom. The molecule has 0 rings (SSSR count). The molecule has 0 radical (unpaired) electrons. The third-order valence-electron chi connectivity index (χ3n) is 1.74. The Balaban J connectivity index is 3.85. The summed E-state index contributed by atoms with van der Waals surface area (Å²) < 4.78 is 32.9. The molecule has 0 aliphatic carbocycles. The fourth-order valence-electron chi connectivity index (χ4n) is 0.953. The van der Waals surface area contributed by atoms with E-state index in [9.17, 15) is 8.42 Å². The molecule has 15 heavy (non-hydrogen) atoms. The molecular formula is C10H18O4S. The molecule has 0 aliphatic rings.